The van der Waals surface area contributed by atoms with Crippen molar-refractivity contribution in [2.45, 2.75) is 13.8 Å². The molecule has 4 heteroatoms. The molecule has 0 aliphatic carbocycles. The van der Waals surface area contributed by atoms with E-state index in [-0.39, 0.29) is 11.7 Å². The van der Waals surface area contributed by atoms with Gasteiger partial charge in [0.1, 0.15) is 11.4 Å². The first kappa shape index (κ1) is 11.3. The molecule has 86 valence electrons. The summed E-state index contributed by atoms with van der Waals surface area (Å²) in [6, 6.07) is 7.09. The Morgan fingerprint density at radius 2 is 2.24 bits per heavy atom. The van der Waals surface area contributed by atoms with Crippen molar-refractivity contribution in [3.8, 4) is 6.07 Å². The molecule has 4 nitrogen and oxygen atoms in total. The number of ketones is 1. The average molecular weight is 228 g/mol. The second-order valence-corrected chi connectivity index (χ2v) is 4.25. The Balaban J connectivity index is 2.39. The topological polar surface area (TPSA) is 66.9 Å². The summed E-state index contributed by atoms with van der Waals surface area (Å²) >= 11 is 0. The van der Waals surface area contributed by atoms with Crippen LogP contribution in [0, 0.1) is 23.2 Å². The molecule has 2 aromatic rings. The molecule has 17 heavy (non-hydrogen) atoms. The Hall–Kier alpha value is -2.15. The van der Waals surface area contributed by atoms with Crippen LogP contribution in [0.3, 0.4) is 0 Å². The van der Waals surface area contributed by atoms with Crippen molar-refractivity contribution in [3.63, 3.8) is 0 Å². The molecule has 0 aliphatic rings. The van der Waals surface area contributed by atoms with Crippen LogP contribution < -0.4 is 0 Å². The van der Waals surface area contributed by atoms with Crippen molar-refractivity contribution >= 4 is 16.9 Å². The number of carbonyl (C=O) groups is 1. The van der Waals surface area contributed by atoms with Crippen LogP contribution in [0.15, 0.2) is 29.0 Å². The molecule has 0 bridgehead atoms. The summed E-state index contributed by atoms with van der Waals surface area (Å²) in [6.07, 6.45) is 1.34. The van der Waals surface area contributed by atoms with Gasteiger partial charge < -0.3 is 4.42 Å². The third-order valence-corrected chi connectivity index (χ3v) is 2.70. The highest BCUT2D eigenvalue weighted by Crippen LogP contribution is 2.20. The summed E-state index contributed by atoms with van der Waals surface area (Å²) in [7, 11) is 0. The number of carbonyl (C=O) groups excluding carboxylic acids is 1. The van der Waals surface area contributed by atoms with Crippen molar-refractivity contribution in [2.75, 3.05) is 0 Å². The Bertz CT molecular complexity index is 593. The fourth-order valence-electron chi connectivity index (χ4n) is 1.70. The predicted octanol–water partition coefficient (Wildman–Crippen LogP) is 2.81. The van der Waals surface area contributed by atoms with Crippen molar-refractivity contribution in [2.24, 2.45) is 11.8 Å². The van der Waals surface area contributed by atoms with Crippen LogP contribution in [0.2, 0.25) is 0 Å². The summed E-state index contributed by atoms with van der Waals surface area (Å²) in [4.78, 5) is 16.1. The summed E-state index contributed by atoms with van der Waals surface area (Å²) in [5.41, 5.74) is 1.77. The van der Waals surface area contributed by atoms with Crippen LogP contribution in [-0.4, -0.2) is 10.8 Å². The molecule has 1 aromatic heterocycles. The minimum Gasteiger partial charge on any atom is -0.443 e. The lowest BCUT2D eigenvalue weighted by molar-refractivity contribution is 0.0924. The van der Waals surface area contributed by atoms with Crippen LogP contribution in [0.4, 0.5) is 0 Å². The Morgan fingerprint density at radius 1 is 1.47 bits per heavy atom. The van der Waals surface area contributed by atoms with Gasteiger partial charge in [-0.25, -0.2) is 4.98 Å². The lowest BCUT2D eigenvalue weighted by atomic mass is 9.89. The maximum atomic E-state index is 12.1. The molecule has 0 spiro atoms. The number of rotatable bonds is 3. The Morgan fingerprint density at radius 3 is 2.88 bits per heavy atom. The molecule has 1 heterocycles. The monoisotopic (exact) mass is 228 g/mol. The summed E-state index contributed by atoms with van der Waals surface area (Å²) in [6.45, 7) is 3.72. The zero-order valence-corrected chi connectivity index (χ0v) is 9.68. The summed E-state index contributed by atoms with van der Waals surface area (Å²) < 4.78 is 5.14. The molecule has 0 N–H and O–H groups in total. The number of fused-ring (bicyclic) bond motifs is 1. The number of benzene rings is 1. The predicted molar refractivity (Wildman–Crippen MR) is 62.3 cm³/mol. The van der Waals surface area contributed by atoms with E-state index in [9.17, 15) is 4.79 Å². The lowest BCUT2D eigenvalue weighted by Crippen LogP contribution is -2.18. The van der Waals surface area contributed by atoms with Crippen LogP contribution in [0.1, 0.15) is 24.2 Å². The van der Waals surface area contributed by atoms with E-state index in [1.165, 1.54) is 6.39 Å². The van der Waals surface area contributed by atoms with E-state index >= 15 is 0 Å². The van der Waals surface area contributed by atoms with Crippen molar-refractivity contribution in [1.82, 2.24) is 4.98 Å². The highest BCUT2D eigenvalue weighted by Gasteiger charge is 2.23. The van der Waals surface area contributed by atoms with Gasteiger partial charge in [-0.3, -0.25) is 4.79 Å². The molecule has 2 rings (SSSR count). The van der Waals surface area contributed by atoms with E-state index in [0.29, 0.717) is 16.7 Å². The van der Waals surface area contributed by atoms with E-state index in [1.807, 2.05) is 19.9 Å². The molecule has 0 saturated carbocycles. The van der Waals surface area contributed by atoms with Crippen LogP contribution >= 0.6 is 0 Å². The van der Waals surface area contributed by atoms with Gasteiger partial charge in [0, 0.05) is 5.56 Å². The molecule has 0 aliphatic heterocycles. The molecule has 0 fully saturated rings. The molecular weight excluding hydrogens is 216 g/mol. The molecule has 1 unspecified atom stereocenters. The van der Waals surface area contributed by atoms with E-state index in [2.05, 4.69) is 4.98 Å². The SMILES string of the molecule is CC(C)C(C#N)C(=O)c1ccc2ncoc2c1. The van der Waals surface area contributed by atoms with E-state index < -0.39 is 5.92 Å². The number of nitriles is 1. The van der Waals surface area contributed by atoms with Crippen molar-refractivity contribution in [3.05, 3.63) is 30.2 Å². The van der Waals surface area contributed by atoms with Gasteiger partial charge in [0.25, 0.3) is 0 Å². The maximum absolute atomic E-state index is 12.1. The number of aromatic nitrogens is 1. The Kier molecular flexibility index (Phi) is 2.92. The molecule has 1 aromatic carbocycles. The minimum absolute atomic E-state index is 0.00192. The summed E-state index contributed by atoms with van der Waals surface area (Å²) in [5, 5.41) is 8.99. The first-order valence-corrected chi connectivity index (χ1v) is 5.40. The molecule has 0 radical (unpaired) electrons. The number of hydrogen-bond donors (Lipinski definition) is 0. The largest absolute Gasteiger partial charge is 0.443 e. The first-order valence-electron chi connectivity index (χ1n) is 5.40. The number of nitrogens with zero attached hydrogens (tertiary/aromatic N) is 2. The van der Waals surface area contributed by atoms with Gasteiger partial charge in [-0.2, -0.15) is 5.26 Å². The highest BCUT2D eigenvalue weighted by atomic mass is 16.3. The molecular formula is C13H12N2O2. The smallest absolute Gasteiger partial charge is 0.181 e. The minimum atomic E-state index is -0.615. The average Bonchev–Trinajstić information content (AvgIpc) is 2.75. The molecule has 0 saturated heterocycles. The van der Waals surface area contributed by atoms with Crippen LogP contribution in [-0.2, 0) is 0 Å². The second-order valence-electron chi connectivity index (χ2n) is 4.25. The van der Waals surface area contributed by atoms with Crippen LogP contribution in [0.5, 0.6) is 0 Å². The third kappa shape index (κ3) is 2.04. The van der Waals surface area contributed by atoms with E-state index in [1.54, 1.807) is 18.2 Å². The third-order valence-electron chi connectivity index (χ3n) is 2.70. The van der Waals surface area contributed by atoms with Gasteiger partial charge in [0.05, 0.1) is 6.07 Å². The van der Waals surface area contributed by atoms with E-state index in [0.717, 1.165) is 0 Å². The van der Waals surface area contributed by atoms with Gasteiger partial charge in [-0.1, -0.05) is 13.8 Å². The van der Waals surface area contributed by atoms with Gasteiger partial charge in [-0.15, -0.1) is 0 Å². The fraction of sp³-hybridized carbons (Fsp3) is 0.308. The molecule has 1 atom stereocenters. The quantitative estimate of drug-likeness (QED) is 0.757. The van der Waals surface area contributed by atoms with Gasteiger partial charge in [-0.05, 0) is 24.1 Å². The number of Topliss-reactive ketones (excluding diaryl/α,β-unsaturated/α-hetero) is 1. The zero-order valence-electron chi connectivity index (χ0n) is 9.68. The zero-order chi connectivity index (χ0) is 12.4. The van der Waals surface area contributed by atoms with Gasteiger partial charge >= 0.3 is 0 Å². The van der Waals surface area contributed by atoms with Crippen molar-refractivity contribution < 1.29 is 9.21 Å². The maximum Gasteiger partial charge on any atom is 0.181 e. The normalized spacial score (nSPS) is 12.6. The number of hydrogen-bond acceptors (Lipinski definition) is 4. The second kappa shape index (κ2) is 4.38. The fourth-order valence-corrected chi connectivity index (χ4v) is 1.70. The van der Waals surface area contributed by atoms with E-state index in [4.69, 9.17) is 9.68 Å². The van der Waals surface area contributed by atoms with Crippen LogP contribution in [0.25, 0.3) is 11.1 Å². The summed E-state index contributed by atoms with van der Waals surface area (Å²) in [5.74, 6) is -0.783. The van der Waals surface area contributed by atoms with Gasteiger partial charge in [0.15, 0.2) is 17.8 Å². The first-order chi connectivity index (χ1) is 8.13. The number of oxazole rings is 1. The molecule has 0 amide bonds. The van der Waals surface area contributed by atoms with Crippen molar-refractivity contribution in [1.29, 1.82) is 5.26 Å². The lowest BCUT2D eigenvalue weighted by Gasteiger charge is -2.11. The highest BCUT2D eigenvalue weighted by molar-refractivity contribution is 6.01. The van der Waals surface area contributed by atoms with Gasteiger partial charge in [0.2, 0.25) is 0 Å². The Labute approximate surface area is 98.9 Å². The standard InChI is InChI=1S/C13H12N2O2/c1-8(2)10(6-14)13(16)9-3-4-11-12(5-9)17-7-15-11/h3-5,7-8,10H,1-2H3.